The van der Waals surface area contributed by atoms with E-state index in [9.17, 15) is 0 Å². The highest BCUT2D eigenvalue weighted by Gasteiger charge is 2.30. The van der Waals surface area contributed by atoms with Crippen molar-refractivity contribution in [2.24, 2.45) is 5.92 Å². The van der Waals surface area contributed by atoms with Gasteiger partial charge in [-0.1, -0.05) is 6.92 Å². The van der Waals surface area contributed by atoms with Crippen LogP contribution >= 0.6 is 0 Å². The van der Waals surface area contributed by atoms with Crippen molar-refractivity contribution in [3.05, 3.63) is 0 Å². The van der Waals surface area contributed by atoms with Gasteiger partial charge in [-0.25, -0.2) is 5.01 Å². The molecule has 0 aliphatic carbocycles. The Morgan fingerprint density at radius 3 is 2.25 bits per heavy atom. The minimum absolute atomic E-state index is 0.736. The predicted molar refractivity (Wildman–Crippen MR) is 34.4 cm³/mol. The maximum Gasteiger partial charge on any atom is 0.0253 e. The van der Waals surface area contributed by atoms with Gasteiger partial charge in [-0.15, -0.1) is 0 Å². The quantitative estimate of drug-likeness (QED) is 0.533. The Kier molecular flexibility index (Phi) is 1.54. The van der Waals surface area contributed by atoms with Gasteiger partial charge in [0.15, 0.2) is 0 Å². The zero-order valence-corrected chi connectivity index (χ0v) is 5.81. The topological polar surface area (TPSA) is 15.3 Å². The Morgan fingerprint density at radius 1 is 1.50 bits per heavy atom. The molecule has 1 N–H and O–H groups in total. The summed E-state index contributed by atoms with van der Waals surface area (Å²) in [7, 11) is 1.97. The number of hydrazine groups is 1. The van der Waals surface area contributed by atoms with Crippen molar-refractivity contribution in [3.8, 4) is 0 Å². The molecule has 2 heteroatoms. The van der Waals surface area contributed by atoms with Crippen LogP contribution in [0.15, 0.2) is 0 Å². The molecule has 1 fully saturated rings. The third kappa shape index (κ3) is 0.740. The van der Waals surface area contributed by atoms with E-state index >= 15 is 0 Å². The highest BCUT2D eigenvalue weighted by Crippen LogP contribution is 2.19. The van der Waals surface area contributed by atoms with E-state index in [0.29, 0.717) is 0 Å². The van der Waals surface area contributed by atoms with E-state index in [1.54, 1.807) is 0 Å². The number of nitrogens with zero attached hydrogens (tertiary/aromatic N) is 1. The normalized spacial score (nSPS) is 39.4. The maximum atomic E-state index is 3.11. The zero-order valence-electron chi connectivity index (χ0n) is 5.81. The van der Waals surface area contributed by atoms with Crippen LogP contribution in [0.5, 0.6) is 0 Å². The molecule has 2 nitrogen and oxygen atoms in total. The Bertz CT molecular complexity index is 82.6. The van der Waals surface area contributed by atoms with Gasteiger partial charge in [0.2, 0.25) is 0 Å². The minimum atomic E-state index is 0.736. The first kappa shape index (κ1) is 6.05. The van der Waals surface area contributed by atoms with Crippen molar-refractivity contribution < 1.29 is 0 Å². The summed E-state index contributed by atoms with van der Waals surface area (Å²) >= 11 is 0. The van der Waals surface area contributed by atoms with Gasteiger partial charge in [-0.2, -0.15) is 0 Å². The molecule has 0 radical (unpaired) electrons. The summed E-state index contributed by atoms with van der Waals surface area (Å²) in [5.74, 6) is 0.877. The predicted octanol–water partition coefficient (Wildman–Crippen LogP) is 0.461. The standard InChI is InChI=1S/C6H14N2/c1-5-4-8(7-3)6(5)2/h5-7H,4H2,1-3H3. The number of rotatable bonds is 1. The molecule has 1 aliphatic heterocycles. The molecule has 2 atom stereocenters. The fourth-order valence-electron chi connectivity index (χ4n) is 1.09. The summed E-state index contributed by atoms with van der Waals surface area (Å²) in [6, 6.07) is 0.736. The van der Waals surface area contributed by atoms with Crippen molar-refractivity contribution in [1.29, 1.82) is 0 Å². The molecule has 2 unspecified atom stereocenters. The van der Waals surface area contributed by atoms with Crippen LogP contribution in [-0.4, -0.2) is 24.6 Å². The van der Waals surface area contributed by atoms with E-state index in [4.69, 9.17) is 0 Å². The van der Waals surface area contributed by atoms with Crippen LogP contribution in [-0.2, 0) is 0 Å². The summed E-state index contributed by atoms with van der Waals surface area (Å²) in [5, 5.41) is 2.24. The van der Waals surface area contributed by atoms with Gasteiger partial charge in [-0.05, 0) is 19.9 Å². The summed E-state index contributed by atoms with van der Waals surface area (Å²) in [6.07, 6.45) is 0. The Balaban J connectivity index is 2.25. The lowest BCUT2D eigenvalue weighted by Gasteiger charge is -2.43. The molecule has 48 valence electrons. The van der Waals surface area contributed by atoms with Gasteiger partial charge >= 0.3 is 0 Å². The maximum absolute atomic E-state index is 3.11. The van der Waals surface area contributed by atoms with Crippen LogP contribution in [0.25, 0.3) is 0 Å². The van der Waals surface area contributed by atoms with Gasteiger partial charge in [0, 0.05) is 12.6 Å². The van der Waals surface area contributed by atoms with Crippen molar-refractivity contribution in [3.63, 3.8) is 0 Å². The Morgan fingerprint density at radius 2 is 2.12 bits per heavy atom. The summed E-state index contributed by atoms with van der Waals surface area (Å²) in [4.78, 5) is 0. The van der Waals surface area contributed by atoms with Crippen molar-refractivity contribution in [2.75, 3.05) is 13.6 Å². The minimum Gasteiger partial charge on any atom is -0.258 e. The number of nitrogens with one attached hydrogen (secondary N) is 1. The number of hydrogen-bond acceptors (Lipinski definition) is 2. The number of hydrogen-bond donors (Lipinski definition) is 1. The van der Waals surface area contributed by atoms with Gasteiger partial charge < -0.3 is 0 Å². The molecule has 0 aromatic carbocycles. The Hall–Kier alpha value is -0.0800. The molecule has 0 aromatic heterocycles. The molecular weight excluding hydrogens is 100 g/mol. The lowest BCUT2D eigenvalue weighted by molar-refractivity contribution is -0.00281. The average molecular weight is 114 g/mol. The van der Waals surface area contributed by atoms with E-state index in [-0.39, 0.29) is 0 Å². The van der Waals surface area contributed by atoms with E-state index in [1.165, 1.54) is 6.54 Å². The second kappa shape index (κ2) is 2.03. The second-order valence-corrected chi connectivity index (χ2v) is 2.59. The first-order valence-electron chi connectivity index (χ1n) is 3.19. The molecule has 0 spiro atoms. The molecule has 0 bridgehead atoms. The molecule has 1 aliphatic rings. The van der Waals surface area contributed by atoms with Crippen LogP contribution in [0.4, 0.5) is 0 Å². The first-order chi connectivity index (χ1) is 3.75. The van der Waals surface area contributed by atoms with Gasteiger partial charge in [0.05, 0.1) is 0 Å². The lowest BCUT2D eigenvalue weighted by atomic mass is 9.95. The highest BCUT2D eigenvalue weighted by molar-refractivity contribution is 4.81. The lowest BCUT2D eigenvalue weighted by Crippen LogP contribution is -2.58. The zero-order chi connectivity index (χ0) is 6.15. The molecular formula is C6H14N2. The molecule has 1 heterocycles. The van der Waals surface area contributed by atoms with Crippen LogP contribution < -0.4 is 5.43 Å². The second-order valence-electron chi connectivity index (χ2n) is 2.59. The SMILES string of the molecule is CNN1CC(C)C1C. The van der Waals surface area contributed by atoms with Gasteiger partial charge in [-0.3, -0.25) is 5.43 Å². The van der Waals surface area contributed by atoms with Crippen molar-refractivity contribution in [1.82, 2.24) is 10.4 Å². The third-order valence-electron chi connectivity index (χ3n) is 2.09. The monoisotopic (exact) mass is 114 g/mol. The van der Waals surface area contributed by atoms with Crippen LogP contribution in [0.1, 0.15) is 13.8 Å². The smallest absolute Gasteiger partial charge is 0.0253 e. The summed E-state index contributed by atoms with van der Waals surface area (Å²) < 4.78 is 0. The molecule has 0 amide bonds. The fraction of sp³-hybridized carbons (Fsp3) is 1.00. The average Bonchev–Trinajstić information content (AvgIpc) is 1.81. The van der Waals surface area contributed by atoms with Crippen LogP contribution in [0.3, 0.4) is 0 Å². The molecule has 0 aromatic rings. The summed E-state index contributed by atoms with van der Waals surface area (Å²) in [6.45, 7) is 5.72. The third-order valence-corrected chi connectivity index (χ3v) is 2.09. The first-order valence-corrected chi connectivity index (χ1v) is 3.19. The van der Waals surface area contributed by atoms with Crippen molar-refractivity contribution in [2.45, 2.75) is 19.9 Å². The van der Waals surface area contributed by atoms with Gasteiger partial charge in [0.1, 0.15) is 0 Å². The summed E-state index contributed by atoms with van der Waals surface area (Å²) in [5.41, 5.74) is 3.11. The van der Waals surface area contributed by atoms with Crippen molar-refractivity contribution >= 4 is 0 Å². The highest BCUT2D eigenvalue weighted by atomic mass is 15.5. The van der Waals surface area contributed by atoms with Crippen LogP contribution in [0, 0.1) is 5.92 Å². The van der Waals surface area contributed by atoms with E-state index in [0.717, 1.165) is 12.0 Å². The Labute approximate surface area is 50.8 Å². The van der Waals surface area contributed by atoms with Gasteiger partial charge in [0.25, 0.3) is 0 Å². The van der Waals surface area contributed by atoms with E-state index in [2.05, 4.69) is 24.3 Å². The van der Waals surface area contributed by atoms with E-state index in [1.807, 2.05) is 7.05 Å². The fourth-order valence-corrected chi connectivity index (χ4v) is 1.09. The molecule has 1 saturated heterocycles. The largest absolute Gasteiger partial charge is 0.258 e. The molecule has 0 saturated carbocycles. The van der Waals surface area contributed by atoms with Crippen LogP contribution in [0.2, 0.25) is 0 Å². The molecule has 8 heavy (non-hydrogen) atoms. The van der Waals surface area contributed by atoms with E-state index < -0.39 is 0 Å². The molecule has 1 rings (SSSR count).